The van der Waals surface area contributed by atoms with Crippen molar-refractivity contribution in [3.8, 4) is 11.6 Å². The first-order valence-corrected chi connectivity index (χ1v) is 6.36. The van der Waals surface area contributed by atoms with Gasteiger partial charge in [-0.3, -0.25) is 0 Å². The lowest BCUT2D eigenvalue weighted by Crippen LogP contribution is -2.18. The molecule has 0 saturated heterocycles. The summed E-state index contributed by atoms with van der Waals surface area (Å²) in [6.07, 6.45) is 0.936. The summed E-state index contributed by atoms with van der Waals surface area (Å²) in [5.74, 6) is 1.22. The molecule has 20 heavy (non-hydrogen) atoms. The monoisotopic (exact) mass is 282 g/mol. The molecule has 2 N–H and O–H groups in total. The van der Waals surface area contributed by atoms with E-state index in [0.717, 1.165) is 6.42 Å². The maximum absolute atomic E-state index is 5.91. The summed E-state index contributed by atoms with van der Waals surface area (Å²) in [7, 11) is 1.57. The second-order valence-electron chi connectivity index (χ2n) is 4.25. The third-order valence-corrected chi connectivity index (χ3v) is 2.48. The molecule has 0 radical (unpaired) electrons. The molecule has 0 aromatic carbocycles. The minimum absolute atomic E-state index is 0.261. The molecule has 2 aromatic rings. The second-order valence-corrected chi connectivity index (χ2v) is 4.25. The smallest absolute Gasteiger partial charge is 0.280 e. The van der Waals surface area contributed by atoms with Crippen molar-refractivity contribution in [3.05, 3.63) is 17.7 Å². The van der Waals surface area contributed by atoms with E-state index in [1.807, 2.05) is 6.92 Å². The summed E-state index contributed by atoms with van der Waals surface area (Å²) in [6.45, 7) is 3.36. The summed E-state index contributed by atoms with van der Waals surface area (Å²) >= 11 is 0. The molecule has 0 saturated carbocycles. The second kappa shape index (κ2) is 7.13. The van der Waals surface area contributed by atoms with Crippen molar-refractivity contribution in [2.75, 3.05) is 20.3 Å². The van der Waals surface area contributed by atoms with E-state index in [1.54, 1.807) is 13.2 Å². The Kier molecular flexibility index (Phi) is 5.22. The van der Waals surface area contributed by atoms with Gasteiger partial charge in [-0.1, -0.05) is 17.2 Å². The number of methoxy groups -OCH3 is 1. The number of nitrogens with zero attached hydrogens (tertiary/aromatic N) is 3. The highest BCUT2D eigenvalue weighted by Crippen LogP contribution is 2.19. The first kappa shape index (κ1) is 14.6. The van der Waals surface area contributed by atoms with Gasteiger partial charge in [-0.05, 0) is 6.42 Å². The molecule has 0 spiro atoms. The fourth-order valence-corrected chi connectivity index (χ4v) is 1.54. The summed E-state index contributed by atoms with van der Waals surface area (Å²) in [6, 6.07) is 1.25. The molecule has 1 atom stereocenters. The van der Waals surface area contributed by atoms with Crippen molar-refractivity contribution in [1.29, 1.82) is 0 Å². The Morgan fingerprint density at radius 1 is 1.35 bits per heavy atom. The lowest BCUT2D eigenvalue weighted by molar-refractivity contribution is 0.119. The normalized spacial score (nSPS) is 12.8. The largest absolute Gasteiger partial charge is 0.379 e. The molecule has 0 fully saturated rings. The average molecular weight is 282 g/mol. The lowest BCUT2D eigenvalue weighted by Gasteiger charge is -2.06. The van der Waals surface area contributed by atoms with Gasteiger partial charge in [-0.15, -0.1) is 0 Å². The van der Waals surface area contributed by atoms with Crippen LogP contribution in [0.5, 0.6) is 0 Å². The molecule has 0 aliphatic rings. The fourth-order valence-electron chi connectivity index (χ4n) is 1.54. The molecule has 0 bridgehead atoms. The van der Waals surface area contributed by atoms with Crippen LogP contribution in [0, 0.1) is 0 Å². The van der Waals surface area contributed by atoms with Gasteiger partial charge in [0.05, 0.1) is 12.6 Å². The van der Waals surface area contributed by atoms with Crippen LogP contribution in [-0.2, 0) is 16.1 Å². The Labute approximate surface area is 116 Å². The van der Waals surface area contributed by atoms with E-state index in [2.05, 4.69) is 15.3 Å². The fraction of sp³-hybridized carbons (Fsp3) is 0.583. The number of nitrogens with two attached hydrogens (primary N) is 1. The summed E-state index contributed by atoms with van der Waals surface area (Å²) in [5.41, 5.74) is 6.36. The van der Waals surface area contributed by atoms with Gasteiger partial charge in [0.2, 0.25) is 0 Å². The Bertz CT molecular complexity index is 525. The third kappa shape index (κ3) is 3.62. The van der Waals surface area contributed by atoms with Crippen LogP contribution in [0.4, 0.5) is 0 Å². The van der Waals surface area contributed by atoms with E-state index in [9.17, 15) is 0 Å². The van der Waals surface area contributed by atoms with Crippen LogP contribution in [0.15, 0.2) is 15.1 Å². The van der Waals surface area contributed by atoms with Crippen LogP contribution in [-0.4, -0.2) is 35.6 Å². The van der Waals surface area contributed by atoms with Gasteiger partial charge in [0.25, 0.3) is 5.89 Å². The molecule has 2 aromatic heterocycles. The lowest BCUT2D eigenvalue weighted by atomic mass is 10.3. The number of hydrogen-bond donors (Lipinski definition) is 1. The van der Waals surface area contributed by atoms with Crippen LogP contribution in [0.1, 0.15) is 31.0 Å². The molecule has 8 heteroatoms. The van der Waals surface area contributed by atoms with Gasteiger partial charge in [0.15, 0.2) is 17.3 Å². The summed E-state index contributed by atoms with van der Waals surface area (Å²) < 4.78 is 20.5. The number of rotatable bonds is 8. The van der Waals surface area contributed by atoms with Crippen LogP contribution in [0.25, 0.3) is 11.6 Å². The average Bonchev–Trinajstić information content (AvgIpc) is 3.07. The predicted octanol–water partition coefficient (Wildman–Crippen LogP) is 1.30. The molecular weight excluding hydrogens is 264 g/mol. The highest BCUT2D eigenvalue weighted by molar-refractivity contribution is 5.45. The Balaban J connectivity index is 2.00. The highest BCUT2D eigenvalue weighted by Gasteiger charge is 2.18. The Morgan fingerprint density at radius 2 is 2.20 bits per heavy atom. The Hall–Kier alpha value is -1.77. The maximum Gasteiger partial charge on any atom is 0.280 e. The summed E-state index contributed by atoms with van der Waals surface area (Å²) in [4.78, 5) is 4.19. The van der Waals surface area contributed by atoms with Crippen LogP contribution in [0.2, 0.25) is 0 Å². The number of hydrogen-bond acceptors (Lipinski definition) is 8. The van der Waals surface area contributed by atoms with Crippen molar-refractivity contribution in [3.63, 3.8) is 0 Å². The molecule has 0 amide bonds. The van der Waals surface area contributed by atoms with Crippen LogP contribution < -0.4 is 5.73 Å². The van der Waals surface area contributed by atoms with E-state index in [1.165, 1.54) is 0 Å². The minimum atomic E-state index is -0.426. The Morgan fingerprint density at radius 3 is 2.95 bits per heavy atom. The zero-order valence-corrected chi connectivity index (χ0v) is 11.5. The van der Waals surface area contributed by atoms with Crippen LogP contribution in [0.3, 0.4) is 0 Å². The molecule has 0 aliphatic carbocycles. The maximum atomic E-state index is 5.91. The van der Waals surface area contributed by atoms with E-state index >= 15 is 0 Å². The molecule has 1 unspecified atom stereocenters. The first-order chi connectivity index (χ1) is 9.74. The zero-order valence-electron chi connectivity index (χ0n) is 11.5. The molecule has 110 valence electrons. The van der Waals surface area contributed by atoms with E-state index < -0.39 is 6.04 Å². The topological polar surface area (TPSA) is 109 Å². The van der Waals surface area contributed by atoms with Gasteiger partial charge < -0.3 is 24.3 Å². The van der Waals surface area contributed by atoms with E-state index in [0.29, 0.717) is 37.1 Å². The van der Waals surface area contributed by atoms with Gasteiger partial charge in [0.1, 0.15) is 6.61 Å². The van der Waals surface area contributed by atoms with Gasteiger partial charge in [0, 0.05) is 19.8 Å². The quantitative estimate of drug-likeness (QED) is 0.721. The van der Waals surface area contributed by atoms with Crippen molar-refractivity contribution >= 4 is 0 Å². The van der Waals surface area contributed by atoms with Gasteiger partial charge >= 0.3 is 0 Å². The third-order valence-electron chi connectivity index (χ3n) is 2.48. The van der Waals surface area contributed by atoms with Crippen molar-refractivity contribution in [2.24, 2.45) is 5.73 Å². The molecule has 0 aliphatic heterocycles. The van der Waals surface area contributed by atoms with Crippen LogP contribution >= 0.6 is 0 Å². The molecule has 2 heterocycles. The van der Waals surface area contributed by atoms with Crippen molar-refractivity contribution in [2.45, 2.75) is 26.0 Å². The number of aromatic nitrogens is 3. The van der Waals surface area contributed by atoms with Gasteiger partial charge in [-0.2, -0.15) is 4.98 Å². The van der Waals surface area contributed by atoms with Crippen molar-refractivity contribution < 1.29 is 18.5 Å². The first-order valence-electron chi connectivity index (χ1n) is 6.36. The predicted molar refractivity (Wildman–Crippen MR) is 68.5 cm³/mol. The molecule has 8 nitrogen and oxygen atoms in total. The summed E-state index contributed by atoms with van der Waals surface area (Å²) in [5, 5.41) is 7.65. The van der Waals surface area contributed by atoms with Crippen molar-refractivity contribution in [1.82, 2.24) is 15.3 Å². The zero-order chi connectivity index (χ0) is 14.4. The minimum Gasteiger partial charge on any atom is -0.379 e. The SMILES string of the molecule is CCCOCC(N)c1noc(-c2cc(COC)on2)n1. The molecule has 2 rings (SSSR count). The van der Waals surface area contributed by atoms with Gasteiger partial charge in [-0.25, -0.2) is 0 Å². The highest BCUT2D eigenvalue weighted by atomic mass is 16.5. The number of ether oxygens (including phenoxy) is 2. The van der Waals surface area contributed by atoms with E-state index in [-0.39, 0.29) is 5.89 Å². The standard InChI is InChI=1S/C12H18N4O4/c1-3-4-18-7-9(13)11-14-12(20-16-11)10-5-8(6-17-2)19-15-10/h5,9H,3-4,6-7,13H2,1-2H3. The molecular formula is C12H18N4O4. The van der Waals surface area contributed by atoms with E-state index in [4.69, 9.17) is 24.3 Å².